The van der Waals surface area contributed by atoms with Gasteiger partial charge in [0.25, 0.3) is 5.91 Å². The van der Waals surface area contributed by atoms with Crippen LogP contribution in [0.15, 0.2) is 18.2 Å². The zero-order chi connectivity index (χ0) is 17.9. The van der Waals surface area contributed by atoms with Crippen LogP contribution in [0.2, 0.25) is 5.02 Å². The lowest BCUT2D eigenvalue weighted by Gasteiger charge is -2.32. The minimum absolute atomic E-state index is 0. The van der Waals surface area contributed by atoms with Crippen LogP contribution in [0.25, 0.3) is 0 Å². The van der Waals surface area contributed by atoms with Gasteiger partial charge in [0, 0.05) is 50.3 Å². The summed E-state index contributed by atoms with van der Waals surface area (Å²) >= 11 is 6.19. The van der Waals surface area contributed by atoms with Gasteiger partial charge in [-0.1, -0.05) is 11.6 Å². The van der Waals surface area contributed by atoms with Crippen molar-refractivity contribution in [3.63, 3.8) is 0 Å². The predicted octanol–water partition coefficient (Wildman–Crippen LogP) is 3.20. The van der Waals surface area contributed by atoms with Gasteiger partial charge in [-0.2, -0.15) is 0 Å². The predicted molar refractivity (Wildman–Crippen MR) is 110 cm³/mol. The van der Waals surface area contributed by atoms with E-state index in [4.69, 9.17) is 16.3 Å². The van der Waals surface area contributed by atoms with Crippen LogP contribution >= 0.6 is 24.0 Å². The molecule has 1 amide bonds. The number of nitrogens with zero attached hydrogens (tertiary/aromatic N) is 2. The second kappa shape index (κ2) is 9.46. The van der Waals surface area contributed by atoms with Gasteiger partial charge in [0.2, 0.25) is 0 Å². The highest BCUT2D eigenvalue weighted by molar-refractivity contribution is 6.31. The van der Waals surface area contributed by atoms with Gasteiger partial charge in [-0.05, 0) is 50.3 Å². The normalized spacial score (nSPS) is 24.0. The van der Waals surface area contributed by atoms with E-state index in [-0.39, 0.29) is 24.4 Å². The van der Waals surface area contributed by atoms with Crippen molar-refractivity contribution in [1.29, 1.82) is 0 Å². The number of ether oxygens (including phenoxy) is 1. The summed E-state index contributed by atoms with van der Waals surface area (Å²) in [4.78, 5) is 17.7. The average Bonchev–Trinajstić information content (AvgIpc) is 3.35. The first-order valence-corrected chi connectivity index (χ1v) is 10.3. The second-order valence-electron chi connectivity index (χ2n) is 7.64. The molecule has 5 nitrogen and oxygen atoms in total. The van der Waals surface area contributed by atoms with Crippen LogP contribution in [-0.2, 0) is 0 Å². The molecule has 2 saturated heterocycles. The summed E-state index contributed by atoms with van der Waals surface area (Å²) in [5.41, 5.74) is 0.616. The van der Waals surface area contributed by atoms with Gasteiger partial charge >= 0.3 is 0 Å². The van der Waals surface area contributed by atoms with Crippen LogP contribution in [0.4, 0.5) is 0 Å². The van der Waals surface area contributed by atoms with Crippen molar-refractivity contribution in [2.75, 3.05) is 39.3 Å². The molecule has 27 heavy (non-hydrogen) atoms. The van der Waals surface area contributed by atoms with Crippen molar-refractivity contribution in [1.82, 2.24) is 15.1 Å². The van der Waals surface area contributed by atoms with Crippen molar-refractivity contribution < 1.29 is 9.53 Å². The molecule has 3 fully saturated rings. The molecule has 1 aromatic rings. The van der Waals surface area contributed by atoms with E-state index in [2.05, 4.69) is 10.2 Å². The smallest absolute Gasteiger partial charge is 0.257 e. The molecule has 1 atom stereocenters. The molecule has 7 heteroatoms. The van der Waals surface area contributed by atoms with Crippen LogP contribution in [-0.4, -0.2) is 67.1 Å². The molecule has 0 spiro atoms. The molecule has 1 unspecified atom stereocenters. The highest BCUT2D eigenvalue weighted by atomic mass is 35.5. The fourth-order valence-electron chi connectivity index (χ4n) is 4.40. The topological polar surface area (TPSA) is 44.8 Å². The Labute approximate surface area is 172 Å². The maximum Gasteiger partial charge on any atom is 0.257 e. The van der Waals surface area contributed by atoms with E-state index in [0.717, 1.165) is 58.5 Å². The molecule has 2 aliphatic heterocycles. The molecule has 150 valence electrons. The van der Waals surface area contributed by atoms with Gasteiger partial charge in [0.15, 0.2) is 0 Å². The van der Waals surface area contributed by atoms with Crippen LogP contribution in [0.5, 0.6) is 5.75 Å². The van der Waals surface area contributed by atoms with E-state index in [1.54, 1.807) is 6.07 Å². The van der Waals surface area contributed by atoms with Crippen LogP contribution in [0.3, 0.4) is 0 Å². The number of carbonyl (C=O) groups excluding carboxylic acids is 1. The van der Waals surface area contributed by atoms with Gasteiger partial charge in [-0.15, -0.1) is 12.4 Å². The Morgan fingerprint density at radius 1 is 1.11 bits per heavy atom. The highest BCUT2D eigenvalue weighted by Gasteiger charge is 2.32. The molecule has 1 aliphatic carbocycles. The van der Waals surface area contributed by atoms with Gasteiger partial charge < -0.3 is 15.0 Å². The molecular weight excluding hydrogens is 385 g/mol. The zero-order valence-electron chi connectivity index (χ0n) is 15.7. The number of hydrogen-bond acceptors (Lipinski definition) is 4. The summed E-state index contributed by atoms with van der Waals surface area (Å²) in [7, 11) is 0. The van der Waals surface area contributed by atoms with Gasteiger partial charge in [0.1, 0.15) is 5.75 Å². The van der Waals surface area contributed by atoms with Crippen molar-refractivity contribution in [2.24, 2.45) is 0 Å². The molecular formula is C20H29Cl2N3O2. The third kappa shape index (κ3) is 4.89. The molecule has 3 aliphatic rings. The molecule has 0 aromatic heterocycles. The standard InChI is InChI=1S/C20H28ClN3O2.ClH/c21-15-5-6-19(26-17-3-1-2-4-17)18(13-15)20(25)24-10-7-16(14-24)23-11-8-22-9-12-23;/h5-6,13,16-17,22H,1-4,7-12,14H2;1H. The van der Waals surface area contributed by atoms with Crippen molar-refractivity contribution in [3.8, 4) is 5.75 Å². The average molecular weight is 414 g/mol. The third-order valence-corrected chi connectivity index (χ3v) is 6.12. The first kappa shape index (κ1) is 20.7. The van der Waals surface area contributed by atoms with Crippen molar-refractivity contribution in [3.05, 3.63) is 28.8 Å². The number of amides is 1. The van der Waals surface area contributed by atoms with E-state index < -0.39 is 0 Å². The molecule has 1 aromatic carbocycles. The summed E-state index contributed by atoms with van der Waals surface area (Å²) in [5.74, 6) is 0.745. The number of nitrogens with one attached hydrogen (secondary N) is 1. The van der Waals surface area contributed by atoms with Gasteiger partial charge in [-0.25, -0.2) is 0 Å². The summed E-state index contributed by atoms with van der Waals surface area (Å²) in [6.07, 6.45) is 5.84. The second-order valence-corrected chi connectivity index (χ2v) is 8.08. The van der Waals surface area contributed by atoms with E-state index in [9.17, 15) is 4.79 Å². The summed E-state index contributed by atoms with van der Waals surface area (Å²) < 4.78 is 6.16. The Morgan fingerprint density at radius 3 is 2.59 bits per heavy atom. The Kier molecular flexibility index (Phi) is 7.26. The maximum absolute atomic E-state index is 13.2. The minimum atomic E-state index is 0. The number of benzene rings is 1. The number of carbonyl (C=O) groups is 1. The van der Waals surface area contributed by atoms with Crippen molar-refractivity contribution in [2.45, 2.75) is 44.2 Å². The number of likely N-dealkylation sites (tertiary alicyclic amines) is 1. The quantitative estimate of drug-likeness (QED) is 0.822. The Hall–Kier alpha value is -1.01. The van der Waals surface area contributed by atoms with E-state index in [0.29, 0.717) is 22.4 Å². The minimum Gasteiger partial charge on any atom is -0.490 e. The molecule has 1 N–H and O–H groups in total. The summed E-state index contributed by atoms with van der Waals surface area (Å²) in [6.45, 7) is 5.83. The van der Waals surface area contributed by atoms with E-state index in [1.165, 1.54) is 12.8 Å². The number of piperazine rings is 1. The van der Waals surface area contributed by atoms with E-state index >= 15 is 0 Å². The van der Waals surface area contributed by atoms with Crippen LogP contribution < -0.4 is 10.1 Å². The van der Waals surface area contributed by atoms with Crippen LogP contribution in [0.1, 0.15) is 42.5 Å². The van der Waals surface area contributed by atoms with Gasteiger partial charge in [0.05, 0.1) is 11.7 Å². The molecule has 2 heterocycles. The first-order chi connectivity index (χ1) is 12.7. The Bertz CT molecular complexity index is 646. The van der Waals surface area contributed by atoms with E-state index in [1.807, 2.05) is 17.0 Å². The SMILES string of the molecule is Cl.O=C(c1cc(Cl)ccc1OC1CCCC1)N1CCC(N2CCNCC2)C1. The molecule has 0 bridgehead atoms. The lowest BCUT2D eigenvalue weighted by Crippen LogP contribution is -2.49. The number of rotatable bonds is 4. The molecule has 4 rings (SSSR count). The zero-order valence-corrected chi connectivity index (χ0v) is 17.2. The third-order valence-electron chi connectivity index (χ3n) is 5.89. The Morgan fingerprint density at radius 2 is 1.85 bits per heavy atom. The van der Waals surface area contributed by atoms with Crippen molar-refractivity contribution >= 4 is 29.9 Å². The summed E-state index contributed by atoms with van der Waals surface area (Å²) in [5, 5.41) is 3.98. The highest BCUT2D eigenvalue weighted by Crippen LogP contribution is 2.30. The largest absolute Gasteiger partial charge is 0.490 e. The Balaban J connectivity index is 0.00000210. The molecule has 0 radical (unpaired) electrons. The number of halogens is 2. The lowest BCUT2D eigenvalue weighted by atomic mass is 10.1. The fourth-order valence-corrected chi connectivity index (χ4v) is 4.57. The number of hydrogen-bond donors (Lipinski definition) is 1. The maximum atomic E-state index is 13.2. The monoisotopic (exact) mass is 413 g/mol. The first-order valence-electron chi connectivity index (χ1n) is 9.91. The fraction of sp³-hybridized carbons (Fsp3) is 0.650. The van der Waals surface area contributed by atoms with Crippen LogP contribution in [0, 0.1) is 0 Å². The lowest BCUT2D eigenvalue weighted by molar-refractivity contribution is 0.0766. The van der Waals surface area contributed by atoms with Gasteiger partial charge in [-0.3, -0.25) is 9.69 Å². The summed E-state index contributed by atoms with van der Waals surface area (Å²) in [6, 6.07) is 5.92. The molecule has 1 saturated carbocycles.